The zero-order valence-corrected chi connectivity index (χ0v) is 11.0. The maximum atomic E-state index is 5.55. The summed E-state index contributed by atoms with van der Waals surface area (Å²) in [7, 11) is 3.24. The minimum Gasteiger partial charge on any atom is -0.493 e. The number of nitrogens with zero attached hydrogens (tertiary/aromatic N) is 1. The van der Waals surface area contributed by atoms with Crippen molar-refractivity contribution >= 4 is 17.6 Å². The predicted molar refractivity (Wildman–Crippen MR) is 72.3 cm³/mol. The number of hydrogen-bond donors (Lipinski definition) is 1. The van der Waals surface area contributed by atoms with Gasteiger partial charge in [0.25, 0.3) is 0 Å². The largest absolute Gasteiger partial charge is 0.493 e. The summed E-state index contributed by atoms with van der Waals surface area (Å²) in [5.74, 6) is 1.95. The lowest BCUT2D eigenvalue weighted by Crippen LogP contribution is -1.90. The first-order valence-electron chi connectivity index (χ1n) is 5.34. The van der Waals surface area contributed by atoms with Gasteiger partial charge in [-0.1, -0.05) is 11.8 Å². The van der Waals surface area contributed by atoms with E-state index < -0.39 is 0 Å². The average Bonchev–Trinajstić information content (AvgIpc) is 2.41. The van der Waals surface area contributed by atoms with E-state index in [2.05, 4.69) is 4.98 Å². The molecule has 5 heteroatoms. The highest BCUT2D eigenvalue weighted by molar-refractivity contribution is 7.99. The molecule has 0 aliphatic rings. The third-order valence-corrected chi connectivity index (χ3v) is 3.32. The molecule has 0 saturated carbocycles. The number of nitrogen functional groups attached to an aromatic ring is 1. The first kappa shape index (κ1) is 12.6. The van der Waals surface area contributed by atoms with Gasteiger partial charge in [0, 0.05) is 16.0 Å². The number of aromatic nitrogens is 1. The van der Waals surface area contributed by atoms with E-state index in [0.29, 0.717) is 11.6 Å². The second-order valence-electron chi connectivity index (χ2n) is 3.54. The molecule has 0 aliphatic carbocycles. The molecule has 2 aromatic rings. The standard InChI is InChI=1S/C13H14N2O2S/c1-16-11-5-3-9(7-12(11)17-2)18-10-4-6-13(14)15-8-10/h3-8H,1-2H3,(H2,14,15). The lowest BCUT2D eigenvalue weighted by atomic mass is 10.3. The van der Waals surface area contributed by atoms with Crippen LogP contribution < -0.4 is 15.2 Å². The van der Waals surface area contributed by atoms with Gasteiger partial charge in [-0.3, -0.25) is 0 Å². The van der Waals surface area contributed by atoms with Crippen molar-refractivity contribution in [3.63, 3.8) is 0 Å². The molecular formula is C13H14N2O2S. The van der Waals surface area contributed by atoms with E-state index >= 15 is 0 Å². The molecule has 0 unspecified atom stereocenters. The Morgan fingerprint density at radius 1 is 1.00 bits per heavy atom. The number of ether oxygens (including phenoxy) is 2. The van der Waals surface area contributed by atoms with Crippen LogP contribution in [0.25, 0.3) is 0 Å². The van der Waals surface area contributed by atoms with E-state index in [-0.39, 0.29) is 0 Å². The minimum absolute atomic E-state index is 0.520. The van der Waals surface area contributed by atoms with Crippen LogP contribution in [0.1, 0.15) is 0 Å². The van der Waals surface area contributed by atoms with Gasteiger partial charge in [-0.2, -0.15) is 0 Å². The number of methoxy groups -OCH3 is 2. The van der Waals surface area contributed by atoms with Gasteiger partial charge < -0.3 is 15.2 Å². The molecule has 0 saturated heterocycles. The lowest BCUT2D eigenvalue weighted by molar-refractivity contribution is 0.354. The molecule has 1 aromatic heterocycles. The summed E-state index contributed by atoms with van der Waals surface area (Å²) in [5, 5.41) is 0. The van der Waals surface area contributed by atoms with Crippen molar-refractivity contribution in [2.24, 2.45) is 0 Å². The molecule has 1 aromatic carbocycles. The third kappa shape index (κ3) is 2.87. The van der Waals surface area contributed by atoms with Crippen molar-refractivity contribution in [3.05, 3.63) is 36.5 Å². The highest BCUT2D eigenvalue weighted by Crippen LogP contribution is 2.34. The van der Waals surface area contributed by atoms with Crippen LogP contribution in [-0.2, 0) is 0 Å². The Morgan fingerprint density at radius 2 is 1.72 bits per heavy atom. The number of rotatable bonds is 4. The van der Waals surface area contributed by atoms with Crippen molar-refractivity contribution in [1.29, 1.82) is 0 Å². The Labute approximate surface area is 110 Å². The van der Waals surface area contributed by atoms with Crippen LogP contribution >= 0.6 is 11.8 Å². The average molecular weight is 262 g/mol. The van der Waals surface area contributed by atoms with Crippen LogP contribution in [0, 0.1) is 0 Å². The molecule has 0 amide bonds. The topological polar surface area (TPSA) is 57.4 Å². The van der Waals surface area contributed by atoms with Crippen LogP contribution in [0.4, 0.5) is 5.82 Å². The van der Waals surface area contributed by atoms with E-state index in [9.17, 15) is 0 Å². The maximum Gasteiger partial charge on any atom is 0.161 e. The predicted octanol–water partition coefficient (Wildman–Crippen LogP) is 2.83. The molecule has 94 valence electrons. The summed E-state index contributed by atoms with van der Waals surface area (Å²) in [6.45, 7) is 0. The molecule has 2 N–H and O–H groups in total. The Bertz CT molecular complexity index is 529. The fourth-order valence-electron chi connectivity index (χ4n) is 1.47. The SMILES string of the molecule is COc1ccc(Sc2ccc(N)nc2)cc1OC. The van der Waals surface area contributed by atoms with Crippen molar-refractivity contribution in [2.75, 3.05) is 20.0 Å². The first-order valence-corrected chi connectivity index (χ1v) is 6.16. The molecule has 0 fully saturated rings. The lowest BCUT2D eigenvalue weighted by Gasteiger charge is -2.09. The zero-order chi connectivity index (χ0) is 13.0. The summed E-state index contributed by atoms with van der Waals surface area (Å²) in [6.07, 6.45) is 1.75. The van der Waals surface area contributed by atoms with Crippen LogP contribution in [0.3, 0.4) is 0 Å². The molecule has 0 bridgehead atoms. The van der Waals surface area contributed by atoms with E-state index in [1.165, 1.54) is 0 Å². The van der Waals surface area contributed by atoms with Crippen molar-refractivity contribution in [2.45, 2.75) is 9.79 Å². The highest BCUT2D eigenvalue weighted by Gasteiger charge is 2.05. The number of anilines is 1. The van der Waals surface area contributed by atoms with Gasteiger partial charge in [-0.05, 0) is 30.3 Å². The second kappa shape index (κ2) is 5.64. The van der Waals surface area contributed by atoms with Crippen LogP contribution in [-0.4, -0.2) is 19.2 Å². The smallest absolute Gasteiger partial charge is 0.161 e. The fraction of sp³-hybridized carbons (Fsp3) is 0.154. The second-order valence-corrected chi connectivity index (χ2v) is 4.68. The van der Waals surface area contributed by atoms with E-state index in [0.717, 1.165) is 15.5 Å². The van der Waals surface area contributed by atoms with Gasteiger partial charge >= 0.3 is 0 Å². The Kier molecular flexibility index (Phi) is 3.94. The van der Waals surface area contributed by atoms with Crippen LogP contribution in [0.2, 0.25) is 0 Å². The summed E-state index contributed by atoms with van der Waals surface area (Å²) in [4.78, 5) is 6.13. The molecular weight excluding hydrogens is 248 g/mol. The highest BCUT2D eigenvalue weighted by atomic mass is 32.2. The molecule has 2 rings (SSSR count). The van der Waals surface area contributed by atoms with Crippen molar-refractivity contribution in [3.8, 4) is 11.5 Å². The van der Waals surface area contributed by atoms with Gasteiger partial charge in [-0.15, -0.1) is 0 Å². The monoisotopic (exact) mass is 262 g/mol. The number of hydrogen-bond acceptors (Lipinski definition) is 5. The van der Waals surface area contributed by atoms with Crippen molar-refractivity contribution < 1.29 is 9.47 Å². The summed E-state index contributed by atoms with van der Waals surface area (Å²) in [5.41, 5.74) is 5.55. The Hall–Kier alpha value is -1.88. The van der Waals surface area contributed by atoms with Gasteiger partial charge in [0.15, 0.2) is 11.5 Å². The van der Waals surface area contributed by atoms with Gasteiger partial charge in [0.2, 0.25) is 0 Å². The van der Waals surface area contributed by atoms with E-state index in [1.54, 1.807) is 38.2 Å². The van der Waals surface area contributed by atoms with Gasteiger partial charge in [-0.25, -0.2) is 4.98 Å². The maximum absolute atomic E-state index is 5.55. The molecule has 4 nitrogen and oxygen atoms in total. The van der Waals surface area contributed by atoms with Gasteiger partial charge in [0.1, 0.15) is 5.82 Å². The number of nitrogens with two attached hydrogens (primary N) is 1. The number of benzene rings is 1. The quantitative estimate of drug-likeness (QED) is 0.918. The molecule has 18 heavy (non-hydrogen) atoms. The van der Waals surface area contributed by atoms with Crippen LogP contribution in [0.15, 0.2) is 46.3 Å². The van der Waals surface area contributed by atoms with E-state index in [1.807, 2.05) is 24.3 Å². The third-order valence-electron chi connectivity index (χ3n) is 2.35. The van der Waals surface area contributed by atoms with Gasteiger partial charge in [0.05, 0.1) is 14.2 Å². The van der Waals surface area contributed by atoms with Crippen LogP contribution in [0.5, 0.6) is 11.5 Å². The molecule has 0 radical (unpaired) electrons. The molecule has 0 atom stereocenters. The molecule has 0 aliphatic heterocycles. The van der Waals surface area contributed by atoms with Crippen molar-refractivity contribution in [1.82, 2.24) is 4.98 Å². The fourth-order valence-corrected chi connectivity index (χ4v) is 2.28. The first-order chi connectivity index (χ1) is 8.72. The normalized spacial score (nSPS) is 10.1. The Balaban J connectivity index is 2.21. The number of pyridine rings is 1. The molecule has 0 spiro atoms. The van der Waals surface area contributed by atoms with E-state index in [4.69, 9.17) is 15.2 Å². The molecule has 1 heterocycles. The summed E-state index contributed by atoms with van der Waals surface area (Å²) < 4.78 is 10.5. The minimum atomic E-state index is 0.520. The summed E-state index contributed by atoms with van der Waals surface area (Å²) in [6, 6.07) is 9.50. The summed E-state index contributed by atoms with van der Waals surface area (Å²) >= 11 is 1.59. The zero-order valence-electron chi connectivity index (χ0n) is 10.2. The Morgan fingerprint density at radius 3 is 2.33 bits per heavy atom.